The summed E-state index contributed by atoms with van der Waals surface area (Å²) in [5.74, 6) is 2.33. The van der Waals surface area contributed by atoms with Gasteiger partial charge in [-0.1, -0.05) is 97.8 Å². The van der Waals surface area contributed by atoms with Crippen LogP contribution in [0.4, 0.5) is 0 Å². The Hall–Kier alpha value is -2.29. The van der Waals surface area contributed by atoms with Crippen molar-refractivity contribution >= 4 is 37.1 Å². The Bertz CT molecular complexity index is 1870. The first kappa shape index (κ1) is 37.6. The summed E-state index contributed by atoms with van der Waals surface area (Å²) in [5.41, 5.74) is 20.5. The van der Waals surface area contributed by atoms with E-state index in [1.54, 1.807) is 55.6 Å². The van der Waals surface area contributed by atoms with Crippen LogP contribution in [0.5, 0.6) is 0 Å². The third kappa shape index (κ3) is 7.39. The molecule has 0 saturated carbocycles. The van der Waals surface area contributed by atoms with Gasteiger partial charge in [-0.25, -0.2) is 0 Å². The Balaban J connectivity index is 1.15. The summed E-state index contributed by atoms with van der Waals surface area (Å²) in [5, 5.41) is 0. The minimum atomic E-state index is -2.24. The van der Waals surface area contributed by atoms with Crippen molar-refractivity contribution in [2.45, 2.75) is 139 Å². The fourth-order valence-corrected chi connectivity index (χ4v) is 22.5. The molecule has 4 aromatic carbocycles. The minimum absolute atomic E-state index is 0.486. The van der Waals surface area contributed by atoms with Crippen molar-refractivity contribution in [3.05, 3.63) is 140 Å². The van der Waals surface area contributed by atoms with Crippen LogP contribution < -0.4 is 0 Å². The first-order chi connectivity index (χ1) is 25.1. The monoisotopic (exact) mass is 764 g/mol. The second-order valence-corrected chi connectivity index (χ2v) is 29.3. The summed E-state index contributed by atoms with van der Waals surface area (Å²) in [6.45, 7) is 19.7. The summed E-state index contributed by atoms with van der Waals surface area (Å²) in [7, 11) is 3.72. The van der Waals surface area contributed by atoms with E-state index in [0.717, 1.165) is 38.5 Å². The molecule has 274 valence electrons. The summed E-state index contributed by atoms with van der Waals surface area (Å²) >= 11 is 0. The van der Waals surface area contributed by atoms with Crippen molar-refractivity contribution in [2.75, 3.05) is 0 Å². The van der Waals surface area contributed by atoms with Gasteiger partial charge in [0.05, 0.1) is 0 Å². The van der Waals surface area contributed by atoms with Gasteiger partial charge in [0.15, 0.2) is 16.6 Å². The maximum Gasteiger partial charge on any atom is 0.177 e. The third-order valence-corrected chi connectivity index (χ3v) is 25.0. The lowest BCUT2D eigenvalue weighted by atomic mass is 9.77. The van der Waals surface area contributed by atoms with Gasteiger partial charge in [0, 0.05) is 20.5 Å². The lowest BCUT2D eigenvalue weighted by Crippen LogP contribution is -2.54. The van der Waals surface area contributed by atoms with Crippen LogP contribution in [0.3, 0.4) is 0 Å². The van der Waals surface area contributed by atoms with Crippen LogP contribution in [0.25, 0.3) is 0 Å². The molecule has 0 N–H and O–H groups in total. The molecule has 1 nitrogen and oxygen atoms in total. The second-order valence-electron chi connectivity index (χ2n) is 19.1. The normalized spacial score (nSPS) is 28.4. The molecule has 0 heterocycles. The summed E-state index contributed by atoms with van der Waals surface area (Å²) in [4.78, 5) is 0. The van der Waals surface area contributed by atoms with Gasteiger partial charge in [0.25, 0.3) is 0 Å². The van der Waals surface area contributed by atoms with E-state index in [9.17, 15) is 0 Å². The van der Waals surface area contributed by atoms with E-state index in [1.165, 1.54) is 24.0 Å². The van der Waals surface area contributed by atoms with Crippen LogP contribution in [-0.2, 0) is 55.5 Å². The van der Waals surface area contributed by atoms with E-state index in [0.29, 0.717) is 45.8 Å². The Morgan fingerprint density at radius 2 is 0.811 bits per heavy atom. The predicted molar refractivity (Wildman–Crippen MR) is 231 cm³/mol. The molecule has 0 aliphatic heterocycles. The maximum absolute atomic E-state index is 8.04. The molecule has 53 heavy (non-hydrogen) atoms. The lowest BCUT2D eigenvalue weighted by Gasteiger charge is -2.49. The van der Waals surface area contributed by atoms with Crippen molar-refractivity contribution in [2.24, 2.45) is 11.8 Å². The average molecular weight is 765 g/mol. The summed E-state index contributed by atoms with van der Waals surface area (Å²) in [6, 6.07) is 29.7. The fourth-order valence-electron chi connectivity index (χ4n) is 11.2. The molecule has 8 rings (SSSR count). The van der Waals surface area contributed by atoms with Crippen LogP contribution in [0.1, 0.15) is 92.4 Å². The number of hydrogen-bond acceptors (Lipinski definition) is 1. The Morgan fingerprint density at radius 1 is 0.453 bits per heavy atom. The molecular formula is C48H60OSi4. The highest BCUT2D eigenvalue weighted by molar-refractivity contribution is 6.86. The zero-order chi connectivity index (χ0) is 37.4. The van der Waals surface area contributed by atoms with Crippen LogP contribution in [0.15, 0.2) is 72.8 Å². The highest BCUT2D eigenvalue weighted by Gasteiger charge is 2.50. The molecule has 4 aliphatic carbocycles. The van der Waals surface area contributed by atoms with Crippen LogP contribution in [-0.4, -0.2) is 37.1 Å². The standard InChI is InChI=1S/C48H60OSi4/c1-29-9-11-35-27-47(43(23-39(35)17-29)37-15-13-33-19-31(3)45(50)25-41(33)21-37)52(5,6)49-53(7,8)48-28-36-12-10-30(2)18-40(36)24-44(48)38-16-14-34-20-32(4)46(51)26-42(34)22-38/h9-18,21-22,31-32,43-48H,19-20,23-28H2,1-8H3. The van der Waals surface area contributed by atoms with Gasteiger partial charge in [0.2, 0.25) is 0 Å². The SMILES string of the molecule is Cc1ccc2c(c1)CC(c1ccc3c(c1)CC([Si])C(C)C3)C([Si](C)(C)O[Si](C)(C)C1Cc3ccc(C)cc3CC1c1ccc3c(c1)CC([Si])C(C)C3)C2. The molecule has 0 spiro atoms. The summed E-state index contributed by atoms with van der Waals surface area (Å²) in [6.07, 6.45) is 9.12. The number of rotatable bonds is 6. The van der Waals surface area contributed by atoms with Crippen molar-refractivity contribution in [3.63, 3.8) is 0 Å². The number of hydrogen-bond donors (Lipinski definition) is 0. The quantitative estimate of drug-likeness (QED) is 0.178. The fraction of sp³-hybridized carbons (Fsp3) is 0.500. The van der Waals surface area contributed by atoms with E-state index in [1.807, 2.05) is 0 Å². The van der Waals surface area contributed by atoms with Gasteiger partial charge in [-0.15, -0.1) is 0 Å². The van der Waals surface area contributed by atoms with Gasteiger partial charge in [0.1, 0.15) is 0 Å². The second kappa shape index (κ2) is 14.3. The number of benzene rings is 4. The Morgan fingerprint density at radius 3 is 1.23 bits per heavy atom. The van der Waals surface area contributed by atoms with Crippen LogP contribution >= 0.6 is 0 Å². The van der Waals surface area contributed by atoms with Crippen LogP contribution in [0.2, 0.25) is 48.4 Å². The van der Waals surface area contributed by atoms with E-state index in [2.05, 4.69) is 147 Å². The Kier molecular flexibility index (Phi) is 10.2. The van der Waals surface area contributed by atoms with Crippen molar-refractivity contribution in [3.8, 4) is 0 Å². The van der Waals surface area contributed by atoms with Crippen molar-refractivity contribution in [1.29, 1.82) is 0 Å². The molecule has 5 heteroatoms. The van der Waals surface area contributed by atoms with E-state index in [4.69, 9.17) is 4.12 Å². The zero-order valence-electron chi connectivity index (χ0n) is 33.6. The lowest BCUT2D eigenvalue weighted by molar-refractivity contribution is 0.432. The molecular weight excluding hydrogens is 705 g/mol. The van der Waals surface area contributed by atoms with E-state index >= 15 is 0 Å². The molecule has 0 fully saturated rings. The molecule has 4 aromatic rings. The highest BCUT2D eigenvalue weighted by Crippen LogP contribution is 2.52. The van der Waals surface area contributed by atoms with E-state index < -0.39 is 16.6 Å². The molecule has 0 bridgehead atoms. The molecule has 6 radical (unpaired) electrons. The van der Waals surface area contributed by atoms with Gasteiger partial charge >= 0.3 is 0 Å². The van der Waals surface area contributed by atoms with Gasteiger partial charge in [-0.3, -0.25) is 0 Å². The van der Waals surface area contributed by atoms with E-state index in [-0.39, 0.29) is 0 Å². The zero-order valence-corrected chi connectivity index (χ0v) is 37.6. The molecule has 0 aromatic heterocycles. The molecule has 0 saturated heterocycles. The van der Waals surface area contributed by atoms with Crippen molar-refractivity contribution in [1.82, 2.24) is 0 Å². The van der Waals surface area contributed by atoms with Gasteiger partial charge < -0.3 is 4.12 Å². The summed E-state index contributed by atoms with van der Waals surface area (Å²) < 4.78 is 8.04. The first-order valence-corrected chi connectivity index (χ1v) is 27.8. The molecule has 4 aliphatic rings. The average Bonchev–Trinajstić information content (AvgIpc) is 3.10. The first-order valence-electron chi connectivity index (χ1n) is 20.7. The third-order valence-electron chi connectivity index (χ3n) is 14.4. The predicted octanol–water partition coefficient (Wildman–Crippen LogP) is 11.3. The number of aryl methyl sites for hydroxylation is 2. The highest BCUT2D eigenvalue weighted by atomic mass is 28.4. The smallest absolute Gasteiger partial charge is 0.177 e. The van der Waals surface area contributed by atoms with Crippen LogP contribution in [0, 0.1) is 25.7 Å². The largest absolute Gasteiger partial charge is 0.455 e. The molecule has 0 amide bonds. The minimum Gasteiger partial charge on any atom is -0.455 e. The topological polar surface area (TPSA) is 9.23 Å². The maximum atomic E-state index is 8.04. The Labute approximate surface area is 330 Å². The number of fused-ring (bicyclic) bond motifs is 4. The molecule has 8 unspecified atom stereocenters. The van der Waals surface area contributed by atoms with Gasteiger partial charge in [-0.2, -0.15) is 0 Å². The molecule has 8 atom stereocenters. The van der Waals surface area contributed by atoms with Gasteiger partial charge in [-0.05, 0) is 193 Å². The van der Waals surface area contributed by atoms with Crippen molar-refractivity contribution < 1.29 is 4.12 Å².